The van der Waals surface area contributed by atoms with Gasteiger partial charge in [-0.3, -0.25) is 4.90 Å². The number of nitrogens with zero attached hydrogens (tertiary/aromatic N) is 2. The predicted octanol–water partition coefficient (Wildman–Crippen LogP) is 5.52. The van der Waals surface area contributed by atoms with Crippen molar-refractivity contribution < 1.29 is 4.39 Å². The van der Waals surface area contributed by atoms with E-state index in [2.05, 4.69) is 54.6 Å². The molecule has 0 spiro atoms. The van der Waals surface area contributed by atoms with Crippen molar-refractivity contribution in [2.24, 2.45) is 0 Å². The first-order valence-electron chi connectivity index (χ1n) is 9.65. The van der Waals surface area contributed by atoms with Crippen LogP contribution in [-0.4, -0.2) is 23.1 Å². The van der Waals surface area contributed by atoms with E-state index in [9.17, 15) is 4.39 Å². The number of aromatic nitrogens is 1. The molecule has 4 rings (SSSR count). The predicted molar refractivity (Wildman–Crippen MR) is 106 cm³/mol. The summed E-state index contributed by atoms with van der Waals surface area (Å²) in [5.74, 6) is 0.175. The molecule has 136 valence electrons. The van der Waals surface area contributed by atoms with Crippen molar-refractivity contribution in [3.05, 3.63) is 71.2 Å². The van der Waals surface area contributed by atoms with Crippen LogP contribution in [-0.2, 0) is 13.0 Å². The van der Waals surface area contributed by atoms with Crippen LogP contribution in [0.3, 0.4) is 0 Å². The SMILES string of the molecule is CC[C@H]1c2c(n(CC(C)c3ccc(F)cc3)c3ccccc23)CCN1C. The van der Waals surface area contributed by atoms with Crippen LogP contribution in [0.2, 0.25) is 0 Å². The molecule has 0 fully saturated rings. The molecule has 26 heavy (non-hydrogen) atoms. The molecular formula is C23H27FN2. The zero-order valence-corrected chi connectivity index (χ0v) is 15.9. The Labute approximate surface area is 155 Å². The van der Waals surface area contributed by atoms with Gasteiger partial charge in [0, 0.05) is 42.1 Å². The Kier molecular flexibility index (Phi) is 4.58. The Hall–Kier alpha value is -2.13. The highest BCUT2D eigenvalue weighted by atomic mass is 19.1. The van der Waals surface area contributed by atoms with Crippen molar-refractivity contribution in [2.75, 3.05) is 13.6 Å². The van der Waals surface area contributed by atoms with Crippen LogP contribution >= 0.6 is 0 Å². The molecule has 0 saturated carbocycles. The van der Waals surface area contributed by atoms with E-state index in [4.69, 9.17) is 0 Å². The Balaban J connectivity index is 1.79. The van der Waals surface area contributed by atoms with Gasteiger partial charge in [0.15, 0.2) is 0 Å². The molecule has 2 heterocycles. The lowest BCUT2D eigenvalue weighted by Crippen LogP contribution is -2.32. The van der Waals surface area contributed by atoms with Gasteiger partial charge in [0.25, 0.3) is 0 Å². The van der Waals surface area contributed by atoms with Crippen LogP contribution in [0.1, 0.15) is 49.0 Å². The highest BCUT2D eigenvalue weighted by Gasteiger charge is 2.29. The third-order valence-corrected chi connectivity index (χ3v) is 5.97. The van der Waals surface area contributed by atoms with E-state index < -0.39 is 0 Å². The lowest BCUT2D eigenvalue weighted by molar-refractivity contribution is 0.223. The van der Waals surface area contributed by atoms with E-state index >= 15 is 0 Å². The lowest BCUT2D eigenvalue weighted by atomic mass is 9.94. The molecule has 2 atom stereocenters. The molecule has 3 aromatic rings. The number of halogens is 1. The summed E-state index contributed by atoms with van der Waals surface area (Å²) in [5.41, 5.74) is 5.53. The van der Waals surface area contributed by atoms with E-state index in [1.807, 2.05) is 12.1 Å². The molecule has 2 aromatic carbocycles. The number of likely N-dealkylation sites (N-methyl/N-ethyl adjacent to an activating group) is 1. The van der Waals surface area contributed by atoms with E-state index in [1.165, 1.54) is 27.7 Å². The molecule has 0 bridgehead atoms. The quantitative estimate of drug-likeness (QED) is 0.601. The van der Waals surface area contributed by atoms with Crippen LogP contribution < -0.4 is 0 Å². The second-order valence-electron chi connectivity index (χ2n) is 7.60. The molecule has 1 unspecified atom stereocenters. The van der Waals surface area contributed by atoms with E-state index in [1.54, 1.807) is 12.1 Å². The van der Waals surface area contributed by atoms with Gasteiger partial charge in [0.2, 0.25) is 0 Å². The zero-order chi connectivity index (χ0) is 18.3. The number of rotatable bonds is 4. The maximum atomic E-state index is 13.3. The van der Waals surface area contributed by atoms with Crippen molar-refractivity contribution in [1.29, 1.82) is 0 Å². The summed E-state index contributed by atoms with van der Waals surface area (Å²) in [6, 6.07) is 16.3. The summed E-state index contributed by atoms with van der Waals surface area (Å²) in [6.45, 7) is 6.55. The molecule has 1 aromatic heterocycles. The minimum absolute atomic E-state index is 0.168. The standard InChI is InChI=1S/C23H27FN2/c1-4-20-23-19-7-5-6-8-21(19)26(22(23)13-14-25(20)3)15-16(2)17-9-11-18(24)12-10-17/h5-12,16,20H,4,13-15H2,1-3H3/t16?,20-/m0/s1. The minimum Gasteiger partial charge on any atom is -0.344 e. The molecule has 3 heteroatoms. The topological polar surface area (TPSA) is 8.17 Å². The molecule has 0 radical (unpaired) electrons. The molecule has 0 amide bonds. The maximum Gasteiger partial charge on any atom is 0.123 e. The first kappa shape index (κ1) is 17.3. The minimum atomic E-state index is -0.168. The smallest absolute Gasteiger partial charge is 0.123 e. The van der Waals surface area contributed by atoms with Crippen LogP contribution in [0.15, 0.2) is 48.5 Å². The van der Waals surface area contributed by atoms with Crippen LogP contribution in [0.5, 0.6) is 0 Å². The summed E-state index contributed by atoms with van der Waals surface area (Å²) in [7, 11) is 2.24. The average molecular weight is 350 g/mol. The highest BCUT2D eigenvalue weighted by molar-refractivity contribution is 5.86. The fourth-order valence-corrected chi connectivity index (χ4v) is 4.58. The zero-order valence-electron chi connectivity index (χ0n) is 15.9. The molecule has 0 N–H and O–H groups in total. The lowest BCUT2D eigenvalue weighted by Gasteiger charge is -2.33. The normalized spacial score (nSPS) is 18.8. The van der Waals surface area contributed by atoms with Gasteiger partial charge < -0.3 is 4.57 Å². The van der Waals surface area contributed by atoms with Gasteiger partial charge in [-0.15, -0.1) is 0 Å². The van der Waals surface area contributed by atoms with Gasteiger partial charge in [-0.2, -0.15) is 0 Å². The maximum absolute atomic E-state index is 13.3. The van der Waals surface area contributed by atoms with Crippen molar-refractivity contribution >= 4 is 10.9 Å². The van der Waals surface area contributed by atoms with Gasteiger partial charge in [0.1, 0.15) is 5.82 Å². The summed E-state index contributed by atoms with van der Waals surface area (Å²) >= 11 is 0. The van der Waals surface area contributed by atoms with Gasteiger partial charge in [-0.1, -0.05) is 44.2 Å². The number of hydrogen-bond donors (Lipinski definition) is 0. The van der Waals surface area contributed by atoms with Crippen molar-refractivity contribution in [3.63, 3.8) is 0 Å². The van der Waals surface area contributed by atoms with Gasteiger partial charge in [-0.05, 0) is 48.7 Å². The first-order valence-corrected chi connectivity index (χ1v) is 9.65. The molecule has 1 aliphatic heterocycles. The molecular weight excluding hydrogens is 323 g/mol. The third kappa shape index (κ3) is 2.84. The number of hydrogen-bond acceptors (Lipinski definition) is 1. The van der Waals surface area contributed by atoms with Crippen LogP contribution in [0, 0.1) is 5.82 Å². The monoisotopic (exact) mass is 350 g/mol. The van der Waals surface area contributed by atoms with Crippen LogP contribution in [0.4, 0.5) is 4.39 Å². The largest absolute Gasteiger partial charge is 0.344 e. The third-order valence-electron chi connectivity index (χ3n) is 5.97. The van der Waals surface area contributed by atoms with E-state index in [0.29, 0.717) is 12.0 Å². The number of para-hydroxylation sites is 1. The van der Waals surface area contributed by atoms with Crippen molar-refractivity contribution in [1.82, 2.24) is 9.47 Å². The second kappa shape index (κ2) is 6.88. The summed E-state index contributed by atoms with van der Waals surface area (Å²) in [4.78, 5) is 2.49. The molecule has 0 saturated heterocycles. The van der Waals surface area contributed by atoms with Crippen molar-refractivity contribution in [2.45, 2.75) is 45.2 Å². The summed E-state index contributed by atoms with van der Waals surface area (Å²) < 4.78 is 15.8. The second-order valence-corrected chi connectivity index (χ2v) is 7.60. The fraction of sp³-hybridized carbons (Fsp3) is 0.391. The molecule has 1 aliphatic rings. The Morgan fingerprint density at radius 3 is 2.58 bits per heavy atom. The van der Waals surface area contributed by atoms with Gasteiger partial charge in [-0.25, -0.2) is 4.39 Å². The first-order chi connectivity index (χ1) is 12.6. The van der Waals surface area contributed by atoms with Crippen molar-refractivity contribution in [3.8, 4) is 0 Å². The molecule has 2 nitrogen and oxygen atoms in total. The highest BCUT2D eigenvalue weighted by Crippen LogP contribution is 2.39. The number of benzene rings is 2. The Bertz CT molecular complexity index is 910. The van der Waals surface area contributed by atoms with E-state index in [0.717, 1.165) is 25.9 Å². The van der Waals surface area contributed by atoms with Gasteiger partial charge in [0.05, 0.1) is 0 Å². The van der Waals surface area contributed by atoms with E-state index in [-0.39, 0.29) is 5.82 Å². The Morgan fingerprint density at radius 2 is 1.85 bits per heavy atom. The Morgan fingerprint density at radius 1 is 1.12 bits per heavy atom. The fourth-order valence-electron chi connectivity index (χ4n) is 4.58. The average Bonchev–Trinajstić information content (AvgIpc) is 2.96. The molecule has 0 aliphatic carbocycles. The summed E-state index contributed by atoms with van der Waals surface area (Å²) in [6.07, 6.45) is 2.22. The van der Waals surface area contributed by atoms with Crippen LogP contribution in [0.25, 0.3) is 10.9 Å². The van der Waals surface area contributed by atoms with Gasteiger partial charge >= 0.3 is 0 Å². The summed E-state index contributed by atoms with van der Waals surface area (Å²) in [5, 5.41) is 1.40. The number of fused-ring (bicyclic) bond motifs is 3.